The number of alkyl halides is 5. The van der Waals surface area contributed by atoms with E-state index in [1.54, 1.807) is 12.1 Å². The number of aryl methyl sites for hydroxylation is 1. The van der Waals surface area contributed by atoms with E-state index < -0.39 is 29.7 Å². The summed E-state index contributed by atoms with van der Waals surface area (Å²) in [5.41, 5.74) is 3.16. The lowest BCUT2D eigenvalue weighted by molar-refractivity contribution is -0.432. The van der Waals surface area contributed by atoms with Crippen LogP contribution in [-0.2, 0) is 17.3 Å². The minimum Gasteiger partial charge on any atom is -0.222 e. The Labute approximate surface area is 209 Å². The summed E-state index contributed by atoms with van der Waals surface area (Å²) >= 11 is 0. The fourth-order valence-electron chi connectivity index (χ4n) is 4.08. The van der Waals surface area contributed by atoms with Gasteiger partial charge in [-0.2, -0.15) is 8.78 Å². The minimum absolute atomic E-state index is 0.116. The first kappa shape index (κ1) is 26.4. The van der Waals surface area contributed by atoms with Gasteiger partial charge in [-0.05, 0) is 57.5 Å². The lowest BCUT2D eigenvalue weighted by Gasteiger charge is -2.20. The molecule has 0 heterocycles. The second kappa shape index (κ2) is 10.4. The average molecular weight is 518 g/mol. The molecule has 0 fully saturated rings. The SMILES string of the molecule is CCCc1ccc(-c2ccc(-c3ccc(-c4cc(F)c(C(F)(F)OC(F)(F)F)c(F)c4)cc3)cc2)cc1. The molecule has 8 heteroatoms. The fraction of sp³-hybridized carbons (Fsp3) is 0.172. The van der Waals surface area contributed by atoms with Gasteiger partial charge < -0.3 is 0 Å². The molecule has 0 aliphatic rings. The zero-order valence-electron chi connectivity index (χ0n) is 19.6. The molecule has 0 aliphatic heterocycles. The minimum atomic E-state index is -5.78. The van der Waals surface area contributed by atoms with Crippen molar-refractivity contribution in [3.63, 3.8) is 0 Å². The van der Waals surface area contributed by atoms with E-state index >= 15 is 0 Å². The van der Waals surface area contributed by atoms with Crippen LogP contribution in [0.4, 0.5) is 30.7 Å². The monoisotopic (exact) mass is 518 g/mol. The Bertz CT molecular complexity index is 1330. The van der Waals surface area contributed by atoms with E-state index in [2.05, 4.69) is 35.9 Å². The Kier molecular flexibility index (Phi) is 7.41. The van der Waals surface area contributed by atoms with Gasteiger partial charge in [0.25, 0.3) is 0 Å². The van der Waals surface area contributed by atoms with Gasteiger partial charge in [-0.15, -0.1) is 13.2 Å². The van der Waals surface area contributed by atoms with Crippen molar-refractivity contribution in [2.75, 3.05) is 0 Å². The molecule has 0 radical (unpaired) electrons. The maximum Gasteiger partial charge on any atom is 0.527 e. The Morgan fingerprint density at radius 2 is 0.919 bits per heavy atom. The fourth-order valence-corrected chi connectivity index (χ4v) is 4.08. The molecule has 0 bridgehead atoms. The van der Waals surface area contributed by atoms with Gasteiger partial charge in [0.15, 0.2) is 0 Å². The maximum atomic E-state index is 14.3. The molecule has 0 saturated heterocycles. The molecule has 4 aromatic carbocycles. The molecule has 4 rings (SSSR count). The molecule has 4 aromatic rings. The molecule has 192 valence electrons. The van der Waals surface area contributed by atoms with Crippen molar-refractivity contribution in [2.24, 2.45) is 0 Å². The van der Waals surface area contributed by atoms with E-state index in [1.807, 2.05) is 24.3 Å². The highest BCUT2D eigenvalue weighted by Gasteiger charge is 2.49. The standard InChI is InChI=1S/C29H21F7O/c1-2-3-18-4-6-19(7-5-18)20-8-10-21(11-9-20)22-12-14-23(15-13-22)24-16-25(30)27(26(31)17-24)28(32,33)37-29(34,35)36/h4-17H,2-3H2,1H3. The summed E-state index contributed by atoms with van der Waals surface area (Å²) in [7, 11) is 0. The van der Waals surface area contributed by atoms with Gasteiger partial charge in [0, 0.05) is 0 Å². The van der Waals surface area contributed by atoms with Crippen molar-refractivity contribution in [3.05, 3.63) is 108 Å². The molecular weight excluding hydrogens is 497 g/mol. The van der Waals surface area contributed by atoms with Gasteiger partial charge >= 0.3 is 12.5 Å². The molecule has 0 amide bonds. The van der Waals surface area contributed by atoms with E-state index in [0.717, 1.165) is 35.1 Å². The highest BCUT2D eigenvalue weighted by Crippen LogP contribution is 2.40. The van der Waals surface area contributed by atoms with Crippen molar-refractivity contribution in [1.82, 2.24) is 0 Å². The van der Waals surface area contributed by atoms with Crippen LogP contribution >= 0.6 is 0 Å². The highest BCUT2D eigenvalue weighted by atomic mass is 19.4. The molecule has 0 atom stereocenters. The number of halogens is 7. The van der Waals surface area contributed by atoms with Crippen LogP contribution in [0.3, 0.4) is 0 Å². The third-order valence-corrected chi connectivity index (χ3v) is 5.84. The van der Waals surface area contributed by atoms with Crippen LogP contribution in [0.25, 0.3) is 33.4 Å². The molecule has 37 heavy (non-hydrogen) atoms. The smallest absolute Gasteiger partial charge is 0.222 e. The molecule has 0 aliphatic carbocycles. The number of rotatable bonds is 7. The summed E-state index contributed by atoms with van der Waals surface area (Å²) < 4.78 is 95.3. The quantitative estimate of drug-likeness (QED) is 0.221. The van der Waals surface area contributed by atoms with E-state index in [0.29, 0.717) is 12.1 Å². The van der Waals surface area contributed by atoms with Gasteiger partial charge in [-0.3, -0.25) is 0 Å². The molecule has 0 spiro atoms. The van der Waals surface area contributed by atoms with Crippen molar-refractivity contribution in [2.45, 2.75) is 32.2 Å². The molecule has 1 nitrogen and oxygen atoms in total. The summed E-state index contributed by atoms with van der Waals surface area (Å²) in [4.78, 5) is 0. The van der Waals surface area contributed by atoms with Crippen molar-refractivity contribution < 1.29 is 35.5 Å². The largest absolute Gasteiger partial charge is 0.527 e. The zero-order chi connectivity index (χ0) is 26.8. The first-order chi connectivity index (χ1) is 17.5. The van der Waals surface area contributed by atoms with Gasteiger partial charge in [0.1, 0.15) is 17.2 Å². The third-order valence-electron chi connectivity index (χ3n) is 5.84. The normalized spacial score (nSPS) is 12.1. The Morgan fingerprint density at radius 3 is 1.27 bits per heavy atom. The third kappa shape index (κ3) is 6.20. The van der Waals surface area contributed by atoms with E-state index in [9.17, 15) is 30.7 Å². The zero-order valence-corrected chi connectivity index (χ0v) is 19.6. The first-order valence-electron chi connectivity index (χ1n) is 11.4. The molecule has 0 aromatic heterocycles. The van der Waals surface area contributed by atoms with Crippen LogP contribution in [0.15, 0.2) is 84.9 Å². The Morgan fingerprint density at radius 1 is 0.568 bits per heavy atom. The Balaban J connectivity index is 1.54. The van der Waals surface area contributed by atoms with Crippen molar-refractivity contribution >= 4 is 0 Å². The molecule has 0 unspecified atom stereocenters. The van der Waals surface area contributed by atoms with Crippen LogP contribution in [0.5, 0.6) is 0 Å². The lowest BCUT2D eigenvalue weighted by atomic mass is 9.97. The second-order valence-electron chi connectivity index (χ2n) is 8.48. The maximum absolute atomic E-state index is 14.3. The van der Waals surface area contributed by atoms with Crippen molar-refractivity contribution in [3.8, 4) is 33.4 Å². The number of ether oxygens (including phenoxy) is 1. The second-order valence-corrected chi connectivity index (χ2v) is 8.48. The van der Waals surface area contributed by atoms with Gasteiger partial charge in [-0.1, -0.05) is 86.1 Å². The van der Waals surface area contributed by atoms with Gasteiger partial charge in [0.2, 0.25) is 0 Å². The molecule has 0 N–H and O–H groups in total. The summed E-state index contributed by atoms with van der Waals surface area (Å²) in [6, 6.07) is 23.7. The number of benzene rings is 4. The van der Waals surface area contributed by atoms with Gasteiger partial charge in [0.05, 0.1) is 0 Å². The van der Waals surface area contributed by atoms with Gasteiger partial charge in [-0.25, -0.2) is 13.5 Å². The first-order valence-corrected chi connectivity index (χ1v) is 11.4. The average Bonchev–Trinajstić information content (AvgIpc) is 2.83. The van der Waals surface area contributed by atoms with Crippen LogP contribution in [0.2, 0.25) is 0 Å². The van der Waals surface area contributed by atoms with Crippen LogP contribution < -0.4 is 0 Å². The van der Waals surface area contributed by atoms with Crippen LogP contribution in [0.1, 0.15) is 24.5 Å². The summed E-state index contributed by atoms with van der Waals surface area (Å²) in [5, 5.41) is 0. The van der Waals surface area contributed by atoms with Crippen LogP contribution in [0, 0.1) is 11.6 Å². The van der Waals surface area contributed by atoms with E-state index in [-0.39, 0.29) is 11.1 Å². The predicted octanol–water partition coefficient (Wildman–Crippen LogP) is 9.50. The summed E-state index contributed by atoms with van der Waals surface area (Å²) in [6.07, 6.45) is -8.90. The Hall–Kier alpha value is -3.65. The van der Waals surface area contributed by atoms with E-state index in [4.69, 9.17) is 0 Å². The lowest BCUT2D eigenvalue weighted by Crippen LogP contribution is -2.29. The molecular formula is C29H21F7O. The topological polar surface area (TPSA) is 9.23 Å². The highest BCUT2D eigenvalue weighted by molar-refractivity contribution is 5.73. The summed E-state index contributed by atoms with van der Waals surface area (Å²) in [6.45, 7) is 2.13. The number of hydrogen-bond donors (Lipinski definition) is 0. The van der Waals surface area contributed by atoms with Crippen molar-refractivity contribution in [1.29, 1.82) is 0 Å². The summed E-state index contributed by atoms with van der Waals surface area (Å²) in [5.74, 6) is -3.71. The van der Waals surface area contributed by atoms with E-state index in [1.165, 1.54) is 17.7 Å². The predicted molar refractivity (Wildman–Crippen MR) is 128 cm³/mol. The number of hydrogen-bond acceptors (Lipinski definition) is 1. The molecule has 0 saturated carbocycles. The van der Waals surface area contributed by atoms with Crippen LogP contribution in [-0.4, -0.2) is 6.36 Å².